The van der Waals surface area contributed by atoms with Crippen molar-refractivity contribution in [2.45, 2.75) is 25.8 Å². The average molecular weight is 236 g/mol. The predicted octanol–water partition coefficient (Wildman–Crippen LogP) is 2.95. The van der Waals surface area contributed by atoms with Gasteiger partial charge in [-0.05, 0) is 18.6 Å². The highest BCUT2D eigenvalue weighted by Crippen LogP contribution is 2.26. The first-order chi connectivity index (χ1) is 8.08. The molecule has 0 saturated carbocycles. The summed E-state index contributed by atoms with van der Waals surface area (Å²) in [6, 6.07) is 3.08. The number of hydrogen-bond donors (Lipinski definition) is 1. The van der Waals surface area contributed by atoms with Gasteiger partial charge in [-0.2, -0.15) is 0 Å². The fourth-order valence-corrected chi connectivity index (χ4v) is 1.45. The monoisotopic (exact) mass is 236 g/mol. The summed E-state index contributed by atoms with van der Waals surface area (Å²) in [6.45, 7) is 1.96. The number of nitrogens with zero attached hydrogens (tertiary/aromatic N) is 1. The molecule has 1 aromatic rings. The van der Waals surface area contributed by atoms with Crippen molar-refractivity contribution in [1.82, 2.24) is 0 Å². The lowest BCUT2D eigenvalue weighted by atomic mass is 10.1. The van der Waals surface area contributed by atoms with Gasteiger partial charge in [0.25, 0.3) is 5.69 Å². The molecule has 0 aliphatic heterocycles. The second kappa shape index (κ2) is 5.85. The van der Waals surface area contributed by atoms with Gasteiger partial charge in [0.15, 0.2) is 0 Å². The van der Waals surface area contributed by atoms with Crippen molar-refractivity contribution < 1.29 is 9.31 Å². The van der Waals surface area contributed by atoms with Crippen molar-refractivity contribution in [1.29, 1.82) is 0 Å². The highest BCUT2D eigenvalue weighted by atomic mass is 19.1. The normalized spacial score (nSPS) is 11.6. The molecule has 0 radical (unpaired) electrons. The van der Waals surface area contributed by atoms with Crippen LogP contribution in [-0.4, -0.2) is 11.0 Å². The molecule has 1 aromatic carbocycles. The first-order valence-electron chi connectivity index (χ1n) is 5.25. The second-order valence-electron chi connectivity index (χ2n) is 3.57. The van der Waals surface area contributed by atoms with Crippen LogP contribution >= 0.6 is 0 Å². The quantitative estimate of drug-likeness (QED) is 0.486. The number of nitro groups is 1. The number of anilines is 1. The van der Waals surface area contributed by atoms with E-state index < -0.39 is 10.7 Å². The summed E-state index contributed by atoms with van der Waals surface area (Å²) in [6.07, 6.45) is 6.86. The van der Waals surface area contributed by atoms with Crippen LogP contribution in [0, 0.1) is 28.3 Å². The molecule has 0 heterocycles. The first-order valence-corrected chi connectivity index (χ1v) is 5.25. The molecule has 0 aliphatic rings. The molecule has 0 saturated heterocycles. The van der Waals surface area contributed by atoms with Gasteiger partial charge in [0.2, 0.25) is 0 Å². The van der Waals surface area contributed by atoms with Crippen LogP contribution in [0.3, 0.4) is 0 Å². The fourth-order valence-electron chi connectivity index (χ4n) is 1.45. The maximum atomic E-state index is 12.9. The maximum Gasteiger partial charge on any atom is 0.295 e. The Balaban J connectivity index is 2.98. The van der Waals surface area contributed by atoms with E-state index in [9.17, 15) is 14.5 Å². The van der Waals surface area contributed by atoms with E-state index in [4.69, 9.17) is 6.42 Å². The Morgan fingerprint density at radius 3 is 2.88 bits per heavy atom. The Morgan fingerprint density at radius 1 is 1.65 bits per heavy atom. The SMILES string of the molecule is C#CC(CCC)Nc1ccc(F)cc1[N+](=O)[O-]. The van der Waals surface area contributed by atoms with Crippen LogP contribution in [0.5, 0.6) is 0 Å². The molecule has 0 fully saturated rings. The Morgan fingerprint density at radius 2 is 2.35 bits per heavy atom. The third-order valence-corrected chi connectivity index (χ3v) is 2.26. The minimum Gasteiger partial charge on any atom is -0.366 e. The van der Waals surface area contributed by atoms with Crippen LogP contribution in [0.4, 0.5) is 15.8 Å². The van der Waals surface area contributed by atoms with Crippen molar-refractivity contribution in [3.63, 3.8) is 0 Å². The largest absolute Gasteiger partial charge is 0.366 e. The Bertz CT molecular complexity index is 454. The third-order valence-electron chi connectivity index (χ3n) is 2.26. The molecule has 1 N–H and O–H groups in total. The highest BCUT2D eigenvalue weighted by molar-refractivity contribution is 5.62. The number of nitro benzene ring substituents is 1. The molecular formula is C12H13FN2O2. The van der Waals surface area contributed by atoms with E-state index in [0.29, 0.717) is 6.42 Å². The number of terminal acetylenes is 1. The molecule has 1 atom stereocenters. The molecule has 0 bridgehead atoms. The van der Waals surface area contributed by atoms with Crippen molar-refractivity contribution in [3.8, 4) is 12.3 Å². The molecule has 90 valence electrons. The van der Waals surface area contributed by atoms with Gasteiger partial charge in [0, 0.05) is 0 Å². The number of benzene rings is 1. The van der Waals surface area contributed by atoms with E-state index in [1.807, 2.05) is 6.92 Å². The maximum absolute atomic E-state index is 12.9. The summed E-state index contributed by atoms with van der Waals surface area (Å²) in [5, 5.41) is 13.6. The van der Waals surface area contributed by atoms with Crippen LogP contribution in [0.15, 0.2) is 18.2 Å². The molecule has 4 nitrogen and oxygen atoms in total. The summed E-state index contributed by atoms with van der Waals surface area (Å²) in [4.78, 5) is 10.1. The lowest BCUT2D eigenvalue weighted by Crippen LogP contribution is -2.17. The van der Waals surface area contributed by atoms with E-state index >= 15 is 0 Å². The van der Waals surface area contributed by atoms with Crippen LogP contribution in [-0.2, 0) is 0 Å². The molecule has 1 rings (SSSR count). The lowest BCUT2D eigenvalue weighted by molar-refractivity contribution is -0.384. The van der Waals surface area contributed by atoms with Gasteiger partial charge >= 0.3 is 0 Å². The number of halogens is 1. The summed E-state index contributed by atoms with van der Waals surface area (Å²) >= 11 is 0. The van der Waals surface area contributed by atoms with E-state index in [1.165, 1.54) is 6.07 Å². The Kier molecular flexibility index (Phi) is 4.46. The van der Waals surface area contributed by atoms with Crippen LogP contribution in [0.25, 0.3) is 0 Å². The van der Waals surface area contributed by atoms with Crippen molar-refractivity contribution >= 4 is 11.4 Å². The van der Waals surface area contributed by atoms with E-state index in [-0.39, 0.29) is 17.4 Å². The molecule has 0 aromatic heterocycles. The highest BCUT2D eigenvalue weighted by Gasteiger charge is 2.16. The Hall–Kier alpha value is -2.09. The summed E-state index contributed by atoms with van der Waals surface area (Å²) < 4.78 is 12.9. The van der Waals surface area contributed by atoms with E-state index in [2.05, 4.69) is 11.2 Å². The van der Waals surface area contributed by atoms with Gasteiger partial charge in [-0.3, -0.25) is 10.1 Å². The lowest BCUT2D eigenvalue weighted by Gasteiger charge is -2.13. The zero-order chi connectivity index (χ0) is 12.8. The summed E-state index contributed by atoms with van der Waals surface area (Å²) in [5.41, 5.74) is -0.0610. The molecule has 17 heavy (non-hydrogen) atoms. The van der Waals surface area contributed by atoms with Gasteiger partial charge in [-0.25, -0.2) is 4.39 Å². The van der Waals surface area contributed by atoms with Crippen molar-refractivity contribution in [3.05, 3.63) is 34.1 Å². The Labute approximate surface area is 99.0 Å². The van der Waals surface area contributed by atoms with Crippen molar-refractivity contribution in [2.75, 3.05) is 5.32 Å². The third kappa shape index (κ3) is 3.45. The zero-order valence-corrected chi connectivity index (χ0v) is 9.44. The van der Waals surface area contributed by atoms with Gasteiger partial charge in [-0.1, -0.05) is 19.3 Å². The van der Waals surface area contributed by atoms with Crippen LogP contribution in [0.1, 0.15) is 19.8 Å². The van der Waals surface area contributed by atoms with Crippen LogP contribution < -0.4 is 5.32 Å². The predicted molar refractivity (Wildman–Crippen MR) is 64.2 cm³/mol. The summed E-state index contributed by atoms with van der Waals surface area (Å²) in [7, 11) is 0. The molecule has 1 unspecified atom stereocenters. The fraction of sp³-hybridized carbons (Fsp3) is 0.333. The van der Waals surface area contributed by atoms with Gasteiger partial charge in [0.1, 0.15) is 11.5 Å². The van der Waals surface area contributed by atoms with Gasteiger partial charge < -0.3 is 5.32 Å². The molecular weight excluding hydrogens is 223 g/mol. The first kappa shape index (κ1) is 13.0. The molecule has 0 amide bonds. The standard InChI is InChI=1S/C12H13FN2O2/c1-3-5-10(4-2)14-11-7-6-9(13)8-12(11)15(16)17/h2,6-8,10,14H,3,5H2,1H3. The number of rotatable bonds is 5. The number of hydrogen-bond acceptors (Lipinski definition) is 3. The minimum absolute atomic E-state index is 0.243. The van der Waals surface area contributed by atoms with Gasteiger partial charge in [-0.15, -0.1) is 6.42 Å². The summed E-state index contributed by atoms with van der Waals surface area (Å²) in [5.74, 6) is 1.86. The smallest absolute Gasteiger partial charge is 0.295 e. The molecule has 0 aliphatic carbocycles. The number of nitrogens with one attached hydrogen (secondary N) is 1. The topological polar surface area (TPSA) is 55.2 Å². The van der Waals surface area contributed by atoms with Crippen molar-refractivity contribution in [2.24, 2.45) is 0 Å². The van der Waals surface area contributed by atoms with Gasteiger partial charge in [0.05, 0.1) is 17.0 Å². The minimum atomic E-state index is -0.644. The van der Waals surface area contributed by atoms with E-state index in [1.54, 1.807) is 0 Å². The molecule has 0 spiro atoms. The zero-order valence-electron chi connectivity index (χ0n) is 9.44. The van der Waals surface area contributed by atoms with Crippen LogP contribution in [0.2, 0.25) is 0 Å². The molecule has 5 heteroatoms. The average Bonchev–Trinajstić information content (AvgIpc) is 2.30. The second-order valence-corrected chi connectivity index (χ2v) is 3.57. The van der Waals surface area contributed by atoms with E-state index in [0.717, 1.165) is 18.6 Å².